The SMILES string of the molecule is CC(F)(F)c1ccc(CN2C(=O)CN(c3ncc(Cl)cc3F)C(=O)C2CO)cc1. The van der Waals surface area contributed by atoms with Gasteiger partial charge in [-0.1, -0.05) is 35.9 Å². The summed E-state index contributed by atoms with van der Waals surface area (Å²) in [5, 5.41) is 9.71. The normalized spacial score (nSPS) is 17.8. The van der Waals surface area contributed by atoms with E-state index in [4.69, 9.17) is 11.6 Å². The van der Waals surface area contributed by atoms with Crippen LogP contribution in [0.25, 0.3) is 0 Å². The van der Waals surface area contributed by atoms with Crippen molar-refractivity contribution in [2.75, 3.05) is 18.1 Å². The first-order valence-corrected chi connectivity index (χ1v) is 8.99. The second-order valence-corrected chi connectivity index (χ2v) is 7.13. The van der Waals surface area contributed by atoms with Gasteiger partial charge in [-0.05, 0) is 11.6 Å². The van der Waals surface area contributed by atoms with Crippen LogP contribution in [0.5, 0.6) is 0 Å². The Bertz CT molecular complexity index is 935. The van der Waals surface area contributed by atoms with Gasteiger partial charge in [0.1, 0.15) is 12.6 Å². The molecule has 0 aliphatic carbocycles. The summed E-state index contributed by atoms with van der Waals surface area (Å²) >= 11 is 5.66. The van der Waals surface area contributed by atoms with Crippen LogP contribution in [0, 0.1) is 5.82 Å². The van der Waals surface area contributed by atoms with E-state index in [1.54, 1.807) is 0 Å². The zero-order valence-electron chi connectivity index (χ0n) is 15.3. The molecule has 1 N–H and O–H groups in total. The van der Waals surface area contributed by atoms with Crippen molar-refractivity contribution in [2.45, 2.75) is 25.4 Å². The highest BCUT2D eigenvalue weighted by Gasteiger charge is 2.41. The zero-order chi connectivity index (χ0) is 21.3. The molecule has 1 aromatic heterocycles. The fourth-order valence-electron chi connectivity index (χ4n) is 3.05. The van der Waals surface area contributed by atoms with E-state index in [9.17, 15) is 27.9 Å². The van der Waals surface area contributed by atoms with Crippen molar-refractivity contribution in [3.63, 3.8) is 0 Å². The molecule has 0 bridgehead atoms. The number of halogens is 4. The van der Waals surface area contributed by atoms with Gasteiger partial charge >= 0.3 is 0 Å². The van der Waals surface area contributed by atoms with Crippen molar-refractivity contribution in [2.24, 2.45) is 0 Å². The molecule has 154 valence electrons. The quantitative estimate of drug-likeness (QED) is 0.796. The van der Waals surface area contributed by atoms with Gasteiger partial charge in [0.15, 0.2) is 11.6 Å². The lowest BCUT2D eigenvalue weighted by Crippen LogP contribution is -2.61. The first kappa shape index (κ1) is 21.1. The number of aromatic nitrogens is 1. The Kier molecular flexibility index (Phi) is 5.81. The molecule has 1 aliphatic heterocycles. The molecule has 29 heavy (non-hydrogen) atoms. The highest BCUT2D eigenvalue weighted by Crippen LogP contribution is 2.28. The minimum atomic E-state index is -3.00. The van der Waals surface area contributed by atoms with E-state index < -0.39 is 42.7 Å². The van der Waals surface area contributed by atoms with Gasteiger partial charge in [-0.15, -0.1) is 0 Å². The number of rotatable bonds is 5. The molecule has 3 rings (SSSR count). The Morgan fingerprint density at radius 3 is 2.48 bits per heavy atom. The van der Waals surface area contributed by atoms with Crippen LogP contribution < -0.4 is 4.90 Å². The molecule has 0 saturated carbocycles. The van der Waals surface area contributed by atoms with Gasteiger partial charge in [0.05, 0.1) is 11.6 Å². The average molecular weight is 428 g/mol. The van der Waals surface area contributed by atoms with Crippen LogP contribution in [-0.2, 0) is 22.1 Å². The Morgan fingerprint density at radius 1 is 1.28 bits per heavy atom. The Hall–Kier alpha value is -2.65. The van der Waals surface area contributed by atoms with Crippen molar-refractivity contribution in [3.05, 3.63) is 58.5 Å². The number of alkyl halides is 2. The first-order valence-electron chi connectivity index (χ1n) is 8.62. The van der Waals surface area contributed by atoms with E-state index in [1.807, 2.05) is 0 Å². The standard InChI is InChI=1S/C19H17ClF3N3O3/c1-19(22,23)12-4-2-11(3-5-12)8-25-15(10-27)18(29)26(9-16(25)28)17-14(21)6-13(20)7-24-17/h2-7,15,27H,8-10H2,1H3. The van der Waals surface area contributed by atoms with Crippen LogP contribution in [-0.4, -0.2) is 46.0 Å². The fourth-order valence-corrected chi connectivity index (χ4v) is 3.20. The summed E-state index contributed by atoms with van der Waals surface area (Å²) in [5.41, 5.74) is 0.318. The van der Waals surface area contributed by atoms with Crippen LogP contribution in [0.4, 0.5) is 19.0 Å². The lowest BCUT2D eigenvalue weighted by molar-refractivity contribution is -0.145. The predicted octanol–water partition coefficient (Wildman–Crippen LogP) is 2.72. The highest BCUT2D eigenvalue weighted by molar-refractivity contribution is 6.30. The van der Waals surface area contributed by atoms with Crippen molar-refractivity contribution in [1.29, 1.82) is 0 Å². The smallest absolute Gasteiger partial charge is 0.270 e. The molecule has 10 heteroatoms. The summed E-state index contributed by atoms with van der Waals surface area (Å²) in [6.45, 7) is -0.474. The molecule has 0 spiro atoms. The maximum absolute atomic E-state index is 14.2. The number of hydrogen-bond donors (Lipinski definition) is 1. The van der Waals surface area contributed by atoms with Gasteiger partial charge in [0.2, 0.25) is 5.91 Å². The highest BCUT2D eigenvalue weighted by atomic mass is 35.5. The Balaban J connectivity index is 1.83. The molecule has 1 aliphatic rings. The number of nitrogens with zero attached hydrogens (tertiary/aromatic N) is 3. The molecule has 1 aromatic carbocycles. The monoisotopic (exact) mass is 427 g/mol. The number of aliphatic hydroxyl groups excluding tert-OH is 1. The van der Waals surface area contributed by atoms with Crippen molar-refractivity contribution in [3.8, 4) is 0 Å². The zero-order valence-corrected chi connectivity index (χ0v) is 16.0. The molecule has 1 atom stereocenters. The molecular weight excluding hydrogens is 411 g/mol. The Morgan fingerprint density at radius 2 is 1.93 bits per heavy atom. The molecular formula is C19H17ClF3N3O3. The van der Waals surface area contributed by atoms with Gasteiger partial charge < -0.3 is 10.0 Å². The van der Waals surface area contributed by atoms with E-state index in [0.717, 1.165) is 29.0 Å². The van der Waals surface area contributed by atoms with Crippen LogP contribution in [0.1, 0.15) is 18.1 Å². The third-order valence-electron chi connectivity index (χ3n) is 4.57. The molecule has 2 amide bonds. The second kappa shape index (κ2) is 8.00. The Labute approximate surface area is 169 Å². The van der Waals surface area contributed by atoms with Crippen LogP contribution in [0.15, 0.2) is 36.5 Å². The predicted molar refractivity (Wildman–Crippen MR) is 99.0 cm³/mol. The minimum absolute atomic E-state index is 0.0310. The summed E-state index contributed by atoms with van der Waals surface area (Å²) in [6, 6.07) is 5.02. The average Bonchev–Trinajstić information content (AvgIpc) is 2.65. The number of benzene rings is 1. The largest absolute Gasteiger partial charge is 0.394 e. The van der Waals surface area contributed by atoms with E-state index in [1.165, 1.54) is 24.3 Å². The second-order valence-electron chi connectivity index (χ2n) is 6.69. The van der Waals surface area contributed by atoms with Gasteiger partial charge in [0, 0.05) is 25.2 Å². The lowest BCUT2D eigenvalue weighted by atomic mass is 10.1. The molecule has 1 fully saturated rings. The number of pyridine rings is 1. The molecule has 1 unspecified atom stereocenters. The van der Waals surface area contributed by atoms with Crippen molar-refractivity contribution in [1.82, 2.24) is 9.88 Å². The third-order valence-corrected chi connectivity index (χ3v) is 4.78. The minimum Gasteiger partial charge on any atom is -0.394 e. The lowest BCUT2D eigenvalue weighted by Gasteiger charge is -2.39. The molecule has 2 heterocycles. The van der Waals surface area contributed by atoms with Gasteiger partial charge in [-0.25, -0.2) is 18.2 Å². The van der Waals surface area contributed by atoms with Crippen LogP contribution in [0.2, 0.25) is 5.02 Å². The van der Waals surface area contributed by atoms with Crippen molar-refractivity contribution >= 4 is 29.2 Å². The number of amides is 2. The van der Waals surface area contributed by atoms with E-state index in [2.05, 4.69) is 4.98 Å². The maximum Gasteiger partial charge on any atom is 0.270 e. The van der Waals surface area contributed by atoms with Crippen molar-refractivity contribution < 1.29 is 27.9 Å². The summed E-state index contributed by atoms with van der Waals surface area (Å²) in [6.07, 6.45) is 1.14. The number of carbonyl (C=O) groups excluding carboxylic acids is 2. The molecule has 0 radical (unpaired) electrons. The van der Waals surface area contributed by atoms with E-state index in [0.29, 0.717) is 5.56 Å². The van der Waals surface area contributed by atoms with Gasteiger partial charge in [-0.3, -0.25) is 14.5 Å². The summed E-state index contributed by atoms with van der Waals surface area (Å²) in [5.74, 6) is -5.50. The molecule has 1 saturated heterocycles. The van der Waals surface area contributed by atoms with E-state index >= 15 is 0 Å². The number of anilines is 1. The summed E-state index contributed by atoms with van der Waals surface area (Å²) in [7, 11) is 0. The van der Waals surface area contributed by atoms with Gasteiger partial charge in [0.25, 0.3) is 11.8 Å². The molecule has 2 aromatic rings. The van der Waals surface area contributed by atoms with Gasteiger partial charge in [-0.2, -0.15) is 0 Å². The molecule has 6 nitrogen and oxygen atoms in total. The number of piperazine rings is 1. The van der Waals surface area contributed by atoms with Crippen LogP contribution in [0.3, 0.4) is 0 Å². The number of hydrogen-bond acceptors (Lipinski definition) is 4. The maximum atomic E-state index is 14.2. The number of carbonyl (C=O) groups is 2. The summed E-state index contributed by atoms with van der Waals surface area (Å²) < 4.78 is 40.8. The fraction of sp³-hybridized carbons (Fsp3) is 0.316. The third kappa shape index (κ3) is 4.35. The first-order chi connectivity index (χ1) is 13.6. The topological polar surface area (TPSA) is 73.7 Å². The summed E-state index contributed by atoms with van der Waals surface area (Å²) in [4.78, 5) is 31.1. The number of aliphatic hydroxyl groups is 1. The van der Waals surface area contributed by atoms with Crippen LogP contribution >= 0.6 is 11.6 Å². The van der Waals surface area contributed by atoms with E-state index in [-0.39, 0.29) is 22.9 Å².